The molecular weight excluding hydrogens is 241 g/mol. The Hall–Kier alpha value is -0.650. The Morgan fingerprint density at radius 2 is 2.30 bits per heavy atom. The third-order valence-corrected chi connectivity index (χ3v) is 2.08. The molecule has 2 heterocycles. The molecule has 0 atom stereocenters. The first kappa shape index (κ1) is 6.09. The van der Waals surface area contributed by atoms with Gasteiger partial charge in [-0.25, -0.2) is 9.97 Å². The number of aromatic nitrogens is 3. The maximum Gasteiger partial charge on any atom is 0.129 e. The van der Waals surface area contributed by atoms with Gasteiger partial charge in [0.25, 0.3) is 0 Å². The van der Waals surface area contributed by atoms with Crippen molar-refractivity contribution < 1.29 is 0 Å². The van der Waals surface area contributed by atoms with Crippen LogP contribution in [0.1, 0.15) is 0 Å². The van der Waals surface area contributed by atoms with Crippen LogP contribution in [-0.2, 0) is 0 Å². The number of hydrogen-bond donors (Lipinski definition) is 1. The van der Waals surface area contributed by atoms with E-state index in [-0.39, 0.29) is 0 Å². The molecule has 0 saturated carbocycles. The highest BCUT2D eigenvalue weighted by Crippen LogP contribution is 2.12. The lowest BCUT2D eigenvalue weighted by Crippen LogP contribution is -1.79. The van der Waals surface area contributed by atoms with Crippen molar-refractivity contribution in [3.05, 3.63) is 22.3 Å². The normalized spacial score (nSPS) is 10.5. The summed E-state index contributed by atoms with van der Waals surface area (Å²) in [6.45, 7) is 0. The van der Waals surface area contributed by atoms with E-state index in [1.165, 1.54) is 0 Å². The summed E-state index contributed by atoms with van der Waals surface area (Å²) in [4.78, 5) is 11.2. The summed E-state index contributed by atoms with van der Waals surface area (Å²) >= 11 is 2.16. The molecule has 0 saturated heterocycles. The maximum absolute atomic E-state index is 4.09. The first-order valence-electron chi connectivity index (χ1n) is 2.81. The van der Waals surface area contributed by atoms with Crippen LogP contribution in [-0.4, -0.2) is 15.0 Å². The molecule has 0 radical (unpaired) electrons. The van der Waals surface area contributed by atoms with Crippen molar-refractivity contribution >= 4 is 33.6 Å². The van der Waals surface area contributed by atoms with Crippen LogP contribution in [0, 0.1) is 3.70 Å². The lowest BCUT2D eigenvalue weighted by Gasteiger charge is -1.87. The molecule has 2 rings (SSSR count). The van der Waals surface area contributed by atoms with Gasteiger partial charge in [-0.05, 0) is 28.7 Å². The summed E-state index contributed by atoms with van der Waals surface area (Å²) in [6, 6.07) is 1.91. The second-order valence-electron chi connectivity index (χ2n) is 1.90. The average molecular weight is 245 g/mol. The minimum atomic E-state index is 0.941. The van der Waals surface area contributed by atoms with Crippen molar-refractivity contribution in [1.29, 1.82) is 0 Å². The van der Waals surface area contributed by atoms with Crippen molar-refractivity contribution in [3.8, 4) is 0 Å². The van der Waals surface area contributed by atoms with Crippen molar-refractivity contribution in [3.63, 3.8) is 0 Å². The van der Waals surface area contributed by atoms with E-state index < -0.39 is 0 Å². The van der Waals surface area contributed by atoms with Gasteiger partial charge >= 0.3 is 0 Å². The second-order valence-corrected chi connectivity index (χ2v) is 2.92. The van der Waals surface area contributed by atoms with Crippen LogP contribution in [0.3, 0.4) is 0 Å². The summed E-state index contributed by atoms with van der Waals surface area (Å²) in [6.07, 6.45) is 3.44. The summed E-state index contributed by atoms with van der Waals surface area (Å²) in [5.41, 5.74) is 1.99. The molecule has 0 fully saturated rings. The van der Waals surface area contributed by atoms with Gasteiger partial charge in [0.15, 0.2) is 0 Å². The van der Waals surface area contributed by atoms with Gasteiger partial charge in [-0.3, -0.25) is 0 Å². The Balaban J connectivity index is 2.95. The summed E-state index contributed by atoms with van der Waals surface area (Å²) in [5.74, 6) is 0. The highest BCUT2D eigenvalue weighted by Gasteiger charge is 1.98. The Morgan fingerprint density at radius 1 is 1.40 bits per heavy atom. The lowest BCUT2D eigenvalue weighted by atomic mass is 10.4. The van der Waals surface area contributed by atoms with Crippen LogP contribution in [0.5, 0.6) is 0 Å². The van der Waals surface area contributed by atoms with E-state index in [9.17, 15) is 0 Å². The summed E-state index contributed by atoms with van der Waals surface area (Å²) in [7, 11) is 0. The van der Waals surface area contributed by atoms with Gasteiger partial charge in [0, 0.05) is 6.20 Å². The zero-order valence-electron chi connectivity index (χ0n) is 5.00. The summed E-state index contributed by atoms with van der Waals surface area (Å²) < 4.78 is 0.941. The van der Waals surface area contributed by atoms with Gasteiger partial charge in [0.05, 0.1) is 11.8 Å². The molecule has 2 aromatic rings. The Labute approximate surface area is 71.0 Å². The average Bonchev–Trinajstić information content (AvgIpc) is 2.36. The number of H-pyrrole nitrogens is 1. The van der Waals surface area contributed by atoms with Crippen LogP contribution in [0.25, 0.3) is 11.0 Å². The number of hydrogen-bond acceptors (Lipinski definition) is 2. The molecule has 0 aliphatic rings. The first-order valence-corrected chi connectivity index (χ1v) is 3.89. The molecule has 4 heteroatoms. The smallest absolute Gasteiger partial charge is 0.129 e. The third-order valence-electron chi connectivity index (χ3n) is 1.29. The largest absolute Gasteiger partial charge is 0.344 e. The number of halogens is 1. The molecule has 50 valence electrons. The second kappa shape index (κ2) is 2.19. The quantitative estimate of drug-likeness (QED) is 0.565. The van der Waals surface area contributed by atoms with Crippen molar-refractivity contribution in [2.45, 2.75) is 0 Å². The number of nitrogens with zero attached hydrogens (tertiary/aromatic N) is 2. The molecule has 0 unspecified atom stereocenters. The minimum absolute atomic E-state index is 0.941. The fourth-order valence-corrected chi connectivity index (χ4v) is 1.42. The molecule has 1 N–H and O–H groups in total. The number of rotatable bonds is 0. The van der Waals surface area contributed by atoms with Gasteiger partial charge in [-0.1, -0.05) is 0 Å². The van der Waals surface area contributed by atoms with E-state index >= 15 is 0 Å². The van der Waals surface area contributed by atoms with Crippen LogP contribution >= 0.6 is 22.6 Å². The van der Waals surface area contributed by atoms with Crippen molar-refractivity contribution in [1.82, 2.24) is 15.0 Å². The van der Waals surface area contributed by atoms with Gasteiger partial charge in [-0.15, -0.1) is 0 Å². The van der Waals surface area contributed by atoms with Gasteiger partial charge in [-0.2, -0.15) is 0 Å². The minimum Gasteiger partial charge on any atom is -0.344 e. The van der Waals surface area contributed by atoms with E-state index in [2.05, 4.69) is 37.5 Å². The van der Waals surface area contributed by atoms with E-state index in [0.717, 1.165) is 14.7 Å². The summed E-state index contributed by atoms with van der Waals surface area (Å²) in [5, 5.41) is 0. The first-order chi connectivity index (χ1) is 4.88. The molecule has 0 bridgehead atoms. The van der Waals surface area contributed by atoms with Gasteiger partial charge in [0.1, 0.15) is 9.22 Å². The van der Waals surface area contributed by atoms with Crippen molar-refractivity contribution in [2.24, 2.45) is 0 Å². The van der Waals surface area contributed by atoms with Gasteiger partial charge < -0.3 is 4.98 Å². The number of nitrogens with one attached hydrogen (secondary N) is 1. The van der Waals surface area contributed by atoms with Gasteiger partial charge in [0.2, 0.25) is 0 Å². The molecule has 2 aromatic heterocycles. The standard InChI is InChI=1S/C6H4IN3/c7-6-5-4(1-2-8-6)9-3-10-5/h1-3H,(H,9,10). The zero-order chi connectivity index (χ0) is 6.97. The molecule has 0 aliphatic carbocycles. The maximum atomic E-state index is 4.09. The predicted octanol–water partition coefficient (Wildman–Crippen LogP) is 1.56. The fourth-order valence-electron chi connectivity index (χ4n) is 0.834. The number of aromatic amines is 1. The topological polar surface area (TPSA) is 41.6 Å². The molecule has 0 amide bonds. The van der Waals surface area contributed by atoms with E-state index in [4.69, 9.17) is 0 Å². The highest BCUT2D eigenvalue weighted by atomic mass is 127. The molecular formula is C6H4IN3. The SMILES string of the molecule is Ic1nccc2[nH]cnc12. The van der Waals surface area contributed by atoms with Crippen LogP contribution in [0.15, 0.2) is 18.6 Å². The van der Waals surface area contributed by atoms with Crippen LogP contribution in [0.4, 0.5) is 0 Å². The monoisotopic (exact) mass is 245 g/mol. The number of imidazole rings is 1. The third kappa shape index (κ3) is 0.792. The zero-order valence-corrected chi connectivity index (χ0v) is 7.16. The van der Waals surface area contributed by atoms with Crippen LogP contribution in [0.2, 0.25) is 0 Å². The predicted molar refractivity (Wildman–Crippen MR) is 46.6 cm³/mol. The van der Waals surface area contributed by atoms with E-state index in [1.807, 2.05) is 6.07 Å². The Bertz CT molecular complexity index is 355. The lowest BCUT2D eigenvalue weighted by molar-refractivity contribution is 1.29. The Morgan fingerprint density at radius 3 is 3.10 bits per heavy atom. The van der Waals surface area contributed by atoms with Crippen molar-refractivity contribution in [2.75, 3.05) is 0 Å². The molecule has 3 nitrogen and oxygen atoms in total. The number of fused-ring (bicyclic) bond motifs is 1. The van der Waals surface area contributed by atoms with E-state index in [1.54, 1.807) is 12.5 Å². The fraction of sp³-hybridized carbons (Fsp3) is 0. The molecule has 0 aliphatic heterocycles. The molecule has 10 heavy (non-hydrogen) atoms. The van der Waals surface area contributed by atoms with Crippen LogP contribution < -0.4 is 0 Å². The highest BCUT2D eigenvalue weighted by molar-refractivity contribution is 14.1. The van der Waals surface area contributed by atoms with E-state index in [0.29, 0.717) is 0 Å². The Kier molecular flexibility index (Phi) is 1.33. The number of pyridine rings is 1. The molecule has 0 spiro atoms. The molecule has 0 aromatic carbocycles.